The Labute approximate surface area is 100 Å². The van der Waals surface area contributed by atoms with Crippen molar-refractivity contribution in [2.24, 2.45) is 0 Å². The highest BCUT2D eigenvalue weighted by molar-refractivity contribution is 5.11. The molecule has 2 fully saturated rings. The molecule has 1 aromatic rings. The molecule has 4 heteroatoms. The zero-order valence-corrected chi connectivity index (χ0v) is 9.72. The van der Waals surface area contributed by atoms with Gasteiger partial charge in [0.2, 0.25) is 0 Å². The predicted octanol–water partition coefficient (Wildman–Crippen LogP) is 1.71. The minimum absolute atomic E-state index is 0.144. The van der Waals surface area contributed by atoms with Gasteiger partial charge >= 0.3 is 0 Å². The number of nitrogens with zero attached hydrogens (tertiary/aromatic N) is 2. The zero-order chi connectivity index (χ0) is 11.8. The highest BCUT2D eigenvalue weighted by Gasteiger charge is 2.39. The zero-order valence-electron chi connectivity index (χ0n) is 9.72. The fraction of sp³-hybridized carbons (Fsp3) is 0.615. The van der Waals surface area contributed by atoms with Crippen LogP contribution in [-0.4, -0.2) is 33.2 Å². The molecule has 92 valence electrons. The Morgan fingerprint density at radius 2 is 2.00 bits per heavy atom. The monoisotopic (exact) mass is 236 g/mol. The molecule has 0 spiro atoms. The van der Waals surface area contributed by atoms with Gasteiger partial charge in [-0.15, -0.1) is 0 Å². The largest absolute Gasteiger partial charge is 0.393 e. The second-order valence-corrected chi connectivity index (χ2v) is 5.19. The molecule has 2 unspecified atom stereocenters. The SMILES string of the molecule is OC1CC2CCC(C1)N2Cc1cncc(F)c1. The van der Waals surface area contributed by atoms with Gasteiger partial charge in [-0.1, -0.05) is 0 Å². The van der Waals surface area contributed by atoms with E-state index in [0.29, 0.717) is 12.1 Å². The molecule has 2 aliphatic rings. The van der Waals surface area contributed by atoms with E-state index in [4.69, 9.17) is 0 Å². The molecule has 2 bridgehead atoms. The molecule has 3 rings (SSSR count). The van der Waals surface area contributed by atoms with Crippen molar-refractivity contribution < 1.29 is 9.50 Å². The number of aliphatic hydroxyl groups is 1. The quantitative estimate of drug-likeness (QED) is 0.849. The normalized spacial score (nSPS) is 32.9. The average molecular weight is 236 g/mol. The Balaban J connectivity index is 1.74. The molecular weight excluding hydrogens is 219 g/mol. The first-order valence-electron chi connectivity index (χ1n) is 6.25. The van der Waals surface area contributed by atoms with Crippen molar-refractivity contribution in [3.63, 3.8) is 0 Å². The van der Waals surface area contributed by atoms with Crippen molar-refractivity contribution in [2.75, 3.05) is 0 Å². The van der Waals surface area contributed by atoms with Crippen LogP contribution in [0.3, 0.4) is 0 Å². The Bertz CT molecular complexity index is 398. The maximum atomic E-state index is 13.1. The topological polar surface area (TPSA) is 36.4 Å². The molecule has 1 aromatic heterocycles. The van der Waals surface area contributed by atoms with Gasteiger partial charge in [-0.3, -0.25) is 9.88 Å². The Morgan fingerprint density at radius 3 is 2.65 bits per heavy atom. The maximum absolute atomic E-state index is 13.1. The van der Waals surface area contributed by atoms with Crippen molar-refractivity contribution in [3.05, 3.63) is 29.8 Å². The lowest BCUT2D eigenvalue weighted by Crippen LogP contribution is -2.44. The second-order valence-electron chi connectivity index (χ2n) is 5.19. The molecule has 1 N–H and O–H groups in total. The van der Waals surface area contributed by atoms with E-state index in [1.54, 1.807) is 12.3 Å². The first-order chi connectivity index (χ1) is 8.22. The molecule has 3 heterocycles. The van der Waals surface area contributed by atoms with Crippen LogP contribution in [0.1, 0.15) is 31.2 Å². The molecule has 0 amide bonds. The van der Waals surface area contributed by atoms with E-state index in [0.717, 1.165) is 37.8 Å². The first kappa shape index (κ1) is 11.1. The van der Waals surface area contributed by atoms with Crippen molar-refractivity contribution in [1.82, 2.24) is 9.88 Å². The van der Waals surface area contributed by atoms with Gasteiger partial charge in [-0.05, 0) is 37.3 Å². The summed E-state index contributed by atoms with van der Waals surface area (Å²) in [6.45, 7) is 0.757. The fourth-order valence-corrected chi connectivity index (χ4v) is 3.26. The Morgan fingerprint density at radius 1 is 1.29 bits per heavy atom. The van der Waals surface area contributed by atoms with Gasteiger partial charge in [-0.2, -0.15) is 0 Å². The summed E-state index contributed by atoms with van der Waals surface area (Å²) in [5.41, 5.74) is 0.929. The van der Waals surface area contributed by atoms with Crippen LogP contribution >= 0.6 is 0 Å². The summed E-state index contributed by atoms with van der Waals surface area (Å²) < 4.78 is 13.1. The highest BCUT2D eigenvalue weighted by Crippen LogP contribution is 2.36. The lowest BCUT2D eigenvalue weighted by Gasteiger charge is -2.37. The van der Waals surface area contributed by atoms with Crippen molar-refractivity contribution in [3.8, 4) is 0 Å². The summed E-state index contributed by atoms with van der Waals surface area (Å²) in [7, 11) is 0. The molecule has 2 atom stereocenters. The molecule has 2 aliphatic heterocycles. The second kappa shape index (κ2) is 4.35. The third-order valence-corrected chi connectivity index (χ3v) is 3.99. The van der Waals surface area contributed by atoms with Crippen LogP contribution < -0.4 is 0 Å². The van der Waals surface area contributed by atoms with Crippen molar-refractivity contribution >= 4 is 0 Å². The van der Waals surface area contributed by atoms with E-state index < -0.39 is 0 Å². The van der Waals surface area contributed by atoms with E-state index in [-0.39, 0.29) is 11.9 Å². The fourth-order valence-electron chi connectivity index (χ4n) is 3.26. The summed E-state index contributed by atoms with van der Waals surface area (Å²) in [5, 5.41) is 9.72. The standard InChI is InChI=1S/C13H17FN2O/c14-10-3-9(6-15-7-10)8-16-11-1-2-12(16)5-13(17)4-11/h3,6-7,11-13,17H,1-2,4-5,8H2. The Hall–Kier alpha value is -1.00. The van der Waals surface area contributed by atoms with Gasteiger partial charge in [0.1, 0.15) is 5.82 Å². The van der Waals surface area contributed by atoms with Gasteiger partial charge < -0.3 is 5.11 Å². The van der Waals surface area contributed by atoms with Crippen LogP contribution in [0.4, 0.5) is 4.39 Å². The molecule has 0 radical (unpaired) electrons. The first-order valence-corrected chi connectivity index (χ1v) is 6.25. The predicted molar refractivity (Wildman–Crippen MR) is 61.8 cm³/mol. The van der Waals surface area contributed by atoms with E-state index in [1.165, 1.54) is 6.20 Å². The molecular formula is C13H17FN2O. The van der Waals surface area contributed by atoms with E-state index >= 15 is 0 Å². The van der Waals surface area contributed by atoms with Crippen LogP contribution in [0.5, 0.6) is 0 Å². The van der Waals surface area contributed by atoms with E-state index in [1.807, 2.05) is 0 Å². The summed E-state index contributed by atoms with van der Waals surface area (Å²) in [5.74, 6) is -0.271. The van der Waals surface area contributed by atoms with Crippen LogP contribution in [0.2, 0.25) is 0 Å². The molecule has 3 nitrogen and oxygen atoms in total. The number of pyridine rings is 1. The van der Waals surface area contributed by atoms with E-state index in [9.17, 15) is 9.50 Å². The van der Waals surface area contributed by atoms with Gasteiger partial charge in [0.25, 0.3) is 0 Å². The third kappa shape index (κ3) is 2.19. The summed E-state index contributed by atoms with van der Waals surface area (Å²) >= 11 is 0. The van der Waals surface area contributed by atoms with Crippen LogP contribution in [0.15, 0.2) is 18.5 Å². The number of aromatic nitrogens is 1. The maximum Gasteiger partial charge on any atom is 0.141 e. The molecule has 0 aromatic carbocycles. The van der Waals surface area contributed by atoms with Crippen LogP contribution in [0.25, 0.3) is 0 Å². The minimum Gasteiger partial charge on any atom is -0.393 e. The number of rotatable bonds is 2. The number of aliphatic hydroxyl groups excluding tert-OH is 1. The number of hydrogen-bond acceptors (Lipinski definition) is 3. The molecule has 0 aliphatic carbocycles. The van der Waals surface area contributed by atoms with Crippen molar-refractivity contribution in [1.29, 1.82) is 0 Å². The summed E-state index contributed by atoms with van der Waals surface area (Å²) in [4.78, 5) is 6.29. The van der Waals surface area contributed by atoms with Gasteiger partial charge in [0.05, 0.1) is 12.3 Å². The number of fused-ring (bicyclic) bond motifs is 2. The minimum atomic E-state index is -0.271. The lowest BCUT2D eigenvalue weighted by molar-refractivity contribution is 0.0309. The van der Waals surface area contributed by atoms with Crippen molar-refractivity contribution in [2.45, 2.75) is 50.4 Å². The van der Waals surface area contributed by atoms with Gasteiger partial charge in [0, 0.05) is 24.8 Å². The van der Waals surface area contributed by atoms with Crippen LogP contribution in [0, 0.1) is 5.82 Å². The van der Waals surface area contributed by atoms with Gasteiger partial charge in [-0.25, -0.2) is 4.39 Å². The van der Waals surface area contributed by atoms with Crippen LogP contribution in [-0.2, 0) is 6.54 Å². The van der Waals surface area contributed by atoms with E-state index in [2.05, 4.69) is 9.88 Å². The summed E-state index contributed by atoms with van der Waals surface area (Å²) in [6, 6.07) is 2.48. The van der Waals surface area contributed by atoms with Gasteiger partial charge in [0.15, 0.2) is 0 Å². The molecule has 0 saturated carbocycles. The number of hydrogen-bond donors (Lipinski definition) is 1. The molecule has 17 heavy (non-hydrogen) atoms. The number of halogens is 1. The highest BCUT2D eigenvalue weighted by atomic mass is 19.1. The third-order valence-electron chi connectivity index (χ3n) is 3.99. The summed E-state index contributed by atoms with van der Waals surface area (Å²) in [6.07, 6.45) is 6.85. The average Bonchev–Trinajstić information content (AvgIpc) is 2.54. The Kier molecular flexibility index (Phi) is 2.84. The molecule has 2 saturated heterocycles. The number of piperidine rings is 1. The lowest BCUT2D eigenvalue weighted by atomic mass is 9.99. The smallest absolute Gasteiger partial charge is 0.141 e.